The molecule has 2 aliphatic rings. The zero-order valence-corrected chi connectivity index (χ0v) is 10.5. The number of rotatable bonds is 2. The van der Waals surface area contributed by atoms with Crippen molar-refractivity contribution in [2.24, 2.45) is 0 Å². The Morgan fingerprint density at radius 1 is 1.22 bits per heavy atom. The number of nitrogens with one attached hydrogen (secondary N) is 1. The molecule has 0 atom stereocenters. The number of carbonyl (C=O) groups excluding carboxylic acids is 1. The van der Waals surface area contributed by atoms with Crippen LogP contribution in [0.15, 0.2) is 18.2 Å². The van der Waals surface area contributed by atoms with E-state index in [9.17, 15) is 4.79 Å². The number of hydrogen-bond donors (Lipinski definition) is 1. The minimum absolute atomic E-state index is 0.239. The van der Waals surface area contributed by atoms with Crippen molar-refractivity contribution in [2.45, 2.75) is 25.2 Å². The van der Waals surface area contributed by atoms with Crippen LogP contribution in [0.25, 0.3) is 0 Å². The van der Waals surface area contributed by atoms with E-state index in [0.717, 1.165) is 43.0 Å². The first kappa shape index (κ1) is 11.5. The normalized spacial score (nSPS) is 20.7. The molecule has 1 aromatic carbocycles. The third-order valence-corrected chi connectivity index (χ3v) is 4.06. The lowest BCUT2D eigenvalue weighted by Gasteiger charge is -2.36. The van der Waals surface area contributed by atoms with Gasteiger partial charge in [0.2, 0.25) is 6.79 Å². The minimum Gasteiger partial charge on any atom is -0.454 e. The minimum atomic E-state index is -0.355. The van der Waals surface area contributed by atoms with Gasteiger partial charge in [-0.25, -0.2) is 0 Å². The summed E-state index contributed by atoms with van der Waals surface area (Å²) in [6.45, 7) is 3.73. The van der Waals surface area contributed by atoms with Gasteiger partial charge in [0.15, 0.2) is 11.5 Å². The van der Waals surface area contributed by atoms with Crippen LogP contribution in [-0.4, -0.2) is 25.7 Å². The van der Waals surface area contributed by atoms with Crippen molar-refractivity contribution in [2.75, 3.05) is 19.9 Å². The Bertz CT molecular complexity index is 478. The van der Waals surface area contributed by atoms with Crippen LogP contribution in [0.5, 0.6) is 11.5 Å². The Hall–Kier alpha value is -1.55. The summed E-state index contributed by atoms with van der Waals surface area (Å²) in [6.07, 6.45) is 1.70. The van der Waals surface area contributed by atoms with Gasteiger partial charge in [0, 0.05) is 0 Å². The zero-order valence-electron chi connectivity index (χ0n) is 10.5. The van der Waals surface area contributed by atoms with E-state index in [-0.39, 0.29) is 18.0 Å². The first-order valence-electron chi connectivity index (χ1n) is 6.34. The van der Waals surface area contributed by atoms with Crippen LogP contribution in [0.4, 0.5) is 0 Å². The molecule has 4 nitrogen and oxygen atoms in total. The molecule has 1 N–H and O–H groups in total. The molecular weight excluding hydrogens is 230 g/mol. The highest BCUT2D eigenvalue weighted by atomic mass is 16.7. The van der Waals surface area contributed by atoms with E-state index >= 15 is 0 Å². The molecule has 0 spiro atoms. The van der Waals surface area contributed by atoms with Gasteiger partial charge in [-0.05, 0) is 50.6 Å². The third-order valence-electron chi connectivity index (χ3n) is 4.06. The molecule has 1 saturated heterocycles. The Labute approximate surface area is 106 Å². The second kappa shape index (κ2) is 4.28. The topological polar surface area (TPSA) is 47.6 Å². The predicted octanol–water partition coefficient (Wildman–Crippen LogP) is 1.63. The number of ether oxygens (including phenoxy) is 2. The number of benzene rings is 1. The lowest BCUT2D eigenvalue weighted by Crippen LogP contribution is -2.44. The van der Waals surface area contributed by atoms with Gasteiger partial charge in [-0.3, -0.25) is 4.79 Å². The van der Waals surface area contributed by atoms with E-state index in [1.165, 1.54) is 0 Å². The molecule has 0 aromatic heterocycles. The van der Waals surface area contributed by atoms with Gasteiger partial charge < -0.3 is 14.8 Å². The van der Waals surface area contributed by atoms with E-state index in [0.29, 0.717) is 0 Å². The highest BCUT2D eigenvalue weighted by Crippen LogP contribution is 2.40. The molecule has 3 rings (SSSR count). The van der Waals surface area contributed by atoms with Gasteiger partial charge in [0.1, 0.15) is 5.78 Å². The third kappa shape index (κ3) is 1.68. The maximum atomic E-state index is 12.1. The Morgan fingerprint density at radius 3 is 2.67 bits per heavy atom. The smallest absolute Gasteiger partial charge is 0.231 e. The molecule has 96 valence electrons. The number of Topliss-reactive ketones (excluding diaryl/α,β-unsaturated/α-hetero) is 1. The van der Waals surface area contributed by atoms with E-state index in [2.05, 4.69) is 5.32 Å². The van der Waals surface area contributed by atoms with Crippen molar-refractivity contribution in [3.63, 3.8) is 0 Å². The molecule has 4 heteroatoms. The van der Waals surface area contributed by atoms with Crippen molar-refractivity contribution in [3.05, 3.63) is 23.8 Å². The standard InChI is InChI=1S/C14H17NO3/c1-10(16)14(4-6-15-7-5-14)11-2-3-12-13(8-11)18-9-17-12/h2-3,8,15H,4-7,9H2,1H3. The summed E-state index contributed by atoms with van der Waals surface area (Å²) in [6, 6.07) is 5.87. The highest BCUT2D eigenvalue weighted by molar-refractivity contribution is 5.88. The first-order valence-corrected chi connectivity index (χ1v) is 6.34. The van der Waals surface area contributed by atoms with Crippen LogP contribution in [0, 0.1) is 0 Å². The summed E-state index contributed by atoms with van der Waals surface area (Å²) >= 11 is 0. The van der Waals surface area contributed by atoms with Crippen LogP contribution in [0.2, 0.25) is 0 Å². The molecule has 1 aromatic rings. The summed E-state index contributed by atoms with van der Waals surface area (Å²) < 4.78 is 10.7. The van der Waals surface area contributed by atoms with Gasteiger partial charge in [0.25, 0.3) is 0 Å². The summed E-state index contributed by atoms with van der Waals surface area (Å²) in [4.78, 5) is 12.1. The average molecular weight is 247 g/mol. The molecular formula is C14H17NO3. The number of hydrogen-bond acceptors (Lipinski definition) is 4. The van der Waals surface area contributed by atoms with Gasteiger partial charge in [0.05, 0.1) is 5.41 Å². The number of fused-ring (bicyclic) bond motifs is 1. The molecule has 0 bridgehead atoms. The fraction of sp³-hybridized carbons (Fsp3) is 0.500. The largest absolute Gasteiger partial charge is 0.454 e. The fourth-order valence-corrected chi connectivity index (χ4v) is 2.89. The second-order valence-electron chi connectivity index (χ2n) is 4.96. The molecule has 0 amide bonds. The van der Waals surface area contributed by atoms with E-state index in [4.69, 9.17) is 9.47 Å². The highest BCUT2D eigenvalue weighted by Gasteiger charge is 2.39. The monoisotopic (exact) mass is 247 g/mol. The molecule has 0 unspecified atom stereocenters. The molecule has 0 saturated carbocycles. The molecule has 0 radical (unpaired) electrons. The molecule has 18 heavy (non-hydrogen) atoms. The van der Waals surface area contributed by atoms with Crippen LogP contribution >= 0.6 is 0 Å². The van der Waals surface area contributed by atoms with Crippen LogP contribution in [0.1, 0.15) is 25.3 Å². The van der Waals surface area contributed by atoms with Crippen molar-refractivity contribution < 1.29 is 14.3 Å². The quantitative estimate of drug-likeness (QED) is 0.862. The van der Waals surface area contributed by atoms with E-state index < -0.39 is 0 Å². The lowest BCUT2D eigenvalue weighted by molar-refractivity contribution is -0.123. The summed E-state index contributed by atoms with van der Waals surface area (Å²) in [5.74, 6) is 1.76. The van der Waals surface area contributed by atoms with E-state index in [1.807, 2.05) is 18.2 Å². The average Bonchev–Trinajstić information content (AvgIpc) is 2.86. The SMILES string of the molecule is CC(=O)C1(c2ccc3c(c2)OCO3)CCNCC1. The predicted molar refractivity (Wildman–Crippen MR) is 67.0 cm³/mol. The number of carbonyl (C=O) groups is 1. The maximum absolute atomic E-state index is 12.1. The summed E-state index contributed by atoms with van der Waals surface area (Å²) in [5.41, 5.74) is 0.701. The van der Waals surface area contributed by atoms with Crippen molar-refractivity contribution in [1.82, 2.24) is 5.32 Å². The molecule has 0 aliphatic carbocycles. The lowest BCUT2D eigenvalue weighted by atomic mass is 9.70. The zero-order chi connectivity index (χ0) is 12.6. The Kier molecular flexibility index (Phi) is 2.74. The molecule has 2 aliphatic heterocycles. The summed E-state index contributed by atoms with van der Waals surface area (Å²) in [7, 11) is 0. The number of ketones is 1. The van der Waals surface area contributed by atoms with Crippen molar-refractivity contribution in [1.29, 1.82) is 0 Å². The Morgan fingerprint density at radius 2 is 1.94 bits per heavy atom. The summed E-state index contributed by atoms with van der Waals surface area (Å²) in [5, 5.41) is 3.31. The van der Waals surface area contributed by atoms with Gasteiger partial charge >= 0.3 is 0 Å². The van der Waals surface area contributed by atoms with Gasteiger partial charge in [-0.1, -0.05) is 6.07 Å². The molecule has 1 fully saturated rings. The van der Waals surface area contributed by atoms with Crippen LogP contribution < -0.4 is 14.8 Å². The van der Waals surface area contributed by atoms with Crippen molar-refractivity contribution in [3.8, 4) is 11.5 Å². The Balaban J connectivity index is 2.02. The first-order chi connectivity index (χ1) is 8.72. The number of piperidine rings is 1. The van der Waals surface area contributed by atoms with Crippen molar-refractivity contribution >= 4 is 5.78 Å². The van der Waals surface area contributed by atoms with E-state index in [1.54, 1.807) is 6.92 Å². The maximum Gasteiger partial charge on any atom is 0.231 e. The molecule has 2 heterocycles. The van der Waals surface area contributed by atoms with Gasteiger partial charge in [-0.2, -0.15) is 0 Å². The van der Waals surface area contributed by atoms with Crippen LogP contribution in [0.3, 0.4) is 0 Å². The second-order valence-corrected chi connectivity index (χ2v) is 4.96. The fourth-order valence-electron chi connectivity index (χ4n) is 2.89. The van der Waals surface area contributed by atoms with Crippen LogP contribution in [-0.2, 0) is 10.2 Å². The van der Waals surface area contributed by atoms with Gasteiger partial charge in [-0.15, -0.1) is 0 Å².